The van der Waals surface area contributed by atoms with Crippen LogP contribution >= 0.6 is 0 Å². The van der Waals surface area contributed by atoms with Gasteiger partial charge in [-0.2, -0.15) is 0 Å². The molecular weight excluding hydrogens is 711 g/mol. The number of nitrogens with two attached hydrogens (primary N) is 2. The number of likely N-dealkylation sites (tertiary alicyclic amines) is 1. The van der Waals surface area contributed by atoms with Gasteiger partial charge in [0.05, 0.1) is 30.6 Å². The number of carbonyl (C=O) groups excluding carboxylic acids is 4. The molecule has 4 N–H and O–H groups in total. The molecular formula is C29H50N4O7Pt. The summed E-state index contributed by atoms with van der Waals surface area (Å²) in [6.07, 6.45) is 13.6. The van der Waals surface area contributed by atoms with Gasteiger partial charge in [0.25, 0.3) is 0 Å². The van der Waals surface area contributed by atoms with E-state index in [0.717, 1.165) is 64.2 Å². The van der Waals surface area contributed by atoms with Crippen LogP contribution in [0.3, 0.4) is 0 Å². The van der Waals surface area contributed by atoms with Crippen molar-refractivity contribution >= 4 is 23.8 Å². The Hall–Kier alpha value is -1.55. The normalized spacial score (nSPS) is 22.1. The Kier molecular flexibility index (Phi) is 18.6. The predicted octanol–water partition coefficient (Wildman–Crippen LogP) is 0.0673. The summed E-state index contributed by atoms with van der Waals surface area (Å²) in [6.45, 7) is 2.91. The van der Waals surface area contributed by atoms with Crippen molar-refractivity contribution in [3.63, 3.8) is 0 Å². The minimum atomic E-state index is -1.98. The third-order valence-corrected chi connectivity index (χ3v) is 8.52. The molecule has 0 radical (unpaired) electrons. The fourth-order valence-electron chi connectivity index (χ4n) is 5.56. The zero-order valence-corrected chi connectivity index (χ0v) is 26.7. The second-order valence-corrected chi connectivity index (χ2v) is 11.5. The zero-order chi connectivity index (χ0) is 29.4. The smallest absolute Gasteiger partial charge is 0.549 e. The van der Waals surface area contributed by atoms with E-state index in [0.29, 0.717) is 39.1 Å². The number of unbranched alkanes of at least 4 members (excludes halogenated alkanes) is 7. The standard InChI is InChI=1S/C23H38N2O7.C6H14N2.Pt/c26-19(24-13-11-23(12-14-24,21(28)29)22(30)31)9-7-5-3-1-2-4-6-8-10-20(27)25-15-17-32-18-16-25;7-5-3-1-2-4-6(5)8;/h1-18H2,(H,28,29)(H,30,31);5-6H,1-4,7-8H2;/q;;+2/p-2/t;5-,6-;/m.1./s1. The first-order chi connectivity index (χ1) is 19.2. The van der Waals surface area contributed by atoms with E-state index in [2.05, 4.69) is 0 Å². The van der Waals surface area contributed by atoms with Crippen molar-refractivity contribution < 1.29 is 55.2 Å². The topological polar surface area (TPSA) is 182 Å². The second-order valence-electron chi connectivity index (χ2n) is 11.5. The Labute approximate surface area is 259 Å². The molecule has 0 spiro atoms. The van der Waals surface area contributed by atoms with Gasteiger partial charge in [0.15, 0.2) is 0 Å². The van der Waals surface area contributed by atoms with E-state index in [1.165, 1.54) is 12.8 Å². The molecule has 1 aliphatic carbocycles. The van der Waals surface area contributed by atoms with Gasteiger partial charge in [0, 0.05) is 51.1 Å². The van der Waals surface area contributed by atoms with Crippen LogP contribution in [-0.2, 0) is 45.0 Å². The first-order valence-corrected chi connectivity index (χ1v) is 15.2. The molecule has 0 unspecified atom stereocenters. The Morgan fingerprint density at radius 3 is 1.39 bits per heavy atom. The number of carboxylic acids is 2. The van der Waals surface area contributed by atoms with Gasteiger partial charge in [-0.3, -0.25) is 9.59 Å². The SMILES string of the molecule is N[C@@H]1CCCC[C@H]1N.O=C(CCCCCCCCCCC(=O)N1CCC(C(=O)[O-])(C(=O)[O-])CC1)N1CCOCC1.[Pt+2]. The molecule has 2 amide bonds. The van der Waals surface area contributed by atoms with E-state index in [1.807, 2.05) is 4.90 Å². The molecule has 41 heavy (non-hydrogen) atoms. The van der Waals surface area contributed by atoms with E-state index in [9.17, 15) is 29.4 Å². The van der Waals surface area contributed by atoms with E-state index >= 15 is 0 Å². The molecule has 1 saturated carbocycles. The minimum absolute atomic E-state index is 0. The molecule has 2 atom stereocenters. The molecule has 2 aliphatic heterocycles. The Morgan fingerprint density at radius 1 is 0.659 bits per heavy atom. The average molecular weight is 762 g/mol. The molecule has 12 heteroatoms. The van der Waals surface area contributed by atoms with Crippen molar-refractivity contribution in [1.82, 2.24) is 9.80 Å². The number of carboxylic acid groups (broad SMARTS) is 2. The number of amides is 2. The van der Waals surface area contributed by atoms with Gasteiger partial charge >= 0.3 is 21.1 Å². The van der Waals surface area contributed by atoms with Crippen LogP contribution in [0.1, 0.15) is 103 Å². The van der Waals surface area contributed by atoms with Gasteiger partial charge in [0.1, 0.15) is 0 Å². The van der Waals surface area contributed by atoms with E-state index in [4.69, 9.17) is 16.2 Å². The summed E-state index contributed by atoms with van der Waals surface area (Å²) in [6, 6.07) is 0.562. The maximum absolute atomic E-state index is 12.3. The summed E-state index contributed by atoms with van der Waals surface area (Å²) in [4.78, 5) is 50.1. The Bertz CT molecular complexity index is 776. The number of rotatable bonds is 13. The van der Waals surface area contributed by atoms with E-state index in [1.54, 1.807) is 4.90 Å². The van der Waals surface area contributed by atoms with Gasteiger partial charge in [-0.15, -0.1) is 0 Å². The van der Waals surface area contributed by atoms with Crippen LogP contribution < -0.4 is 21.7 Å². The second kappa shape index (κ2) is 20.4. The number of morpholine rings is 1. The number of nitrogens with zero attached hydrogens (tertiary/aromatic N) is 2. The van der Waals surface area contributed by atoms with Crippen molar-refractivity contribution in [3.05, 3.63) is 0 Å². The van der Waals surface area contributed by atoms with Gasteiger partial charge in [-0.1, -0.05) is 51.4 Å². The molecule has 2 saturated heterocycles. The fraction of sp³-hybridized carbons (Fsp3) is 0.862. The number of aliphatic carboxylic acids is 2. The van der Waals surface area contributed by atoms with Crippen LogP contribution in [0.2, 0.25) is 0 Å². The first-order valence-electron chi connectivity index (χ1n) is 15.2. The number of ether oxygens (including phenoxy) is 1. The third kappa shape index (κ3) is 13.1. The van der Waals surface area contributed by atoms with Gasteiger partial charge in [-0.25, -0.2) is 0 Å². The summed E-state index contributed by atoms with van der Waals surface area (Å²) >= 11 is 0. The molecule has 0 aromatic heterocycles. The Balaban J connectivity index is 0.000000801. The molecule has 0 aromatic carbocycles. The first kappa shape index (κ1) is 37.5. The molecule has 238 valence electrons. The van der Waals surface area contributed by atoms with Crippen molar-refractivity contribution in [2.45, 2.75) is 115 Å². The Morgan fingerprint density at radius 2 is 1.02 bits per heavy atom. The van der Waals surface area contributed by atoms with Crippen molar-refractivity contribution in [3.8, 4) is 0 Å². The van der Waals surface area contributed by atoms with Crippen molar-refractivity contribution in [2.75, 3.05) is 39.4 Å². The van der Waals surface area contributed by atoms with Crippen LogP contribution in [-0.4, -0.2) is 85.0 Å². The molecule has 11 nitrogen and oxygen atoms in total. The monoisotopic (exact) mass is 761 g/mol. The van der Waals surface area contributed by atoms with Gasteiger partial charge in [-0.05, 0) is 38.5 Å². The van der Waals surface area contributed by atoms with Crippen molar-refractivity contribution in [2.24, 2.45) is 16.9 Å². The number of carbonyl (C=O) groups is 4. The van der Waals surface area contributed by atoms with Gasteiger partial charge < -0.3 is 45.8 Å². The largest absolute Gasteiger partial charge is 2.00 e. The number of hydrogen-bond acceptors (Lipinski definition) is 9. The molecule has 0 aromatic rings. The van der Waals surface area contributed by atoms with Crippen molar-refractivity contribution in [1.29, 1.82) is 0 Å². The molecule has 0 bridgehead atoms. The number of piperidine rings is 1. The van der Waals surface area contributed by atoms with Gasteiger partial charge in [0.2, 0.25) is 11.8 Å². The maximum atomic E-state index is 12.3. The van der Waals surface area contributed by atoms with Crippen LogP contribution in [0.4, 0.5) is 0 Å². The maximum Gasteiger partial charge on any atom is 2.00 e. The summed E-state index contributed by atoms with van der Waals surface area (Å²) in [5, 5.41) is 22.4. The van der Waals surface area contributed by atoms with E-state index in [-0.39, 0.29) is 70.9 Å². The summed E-state index contributed by atoms with van der Waals surface area (Å²) in [5.41, 5.74) is 9.33. The van der Waals surface area contributed by atoms with Crippen LogP contribution in [0.5, 0.6) is 0 Å². The van der Waals surface area contributed by atoms with Crippen LogP contribution in [0.25, 0.3) is 0 Å². The number of hydrogen-bond donors (Lipinski definition) is 2. The molecule has 3 aliphatic rings. The zero-order valence-electron chi connectivity index (χ0n) is 24.4. The van der Waals surface area contributed by atoms with Crippen LogP contribution in [0.15, 0.2) is 0 Å². The third-order valence-electron chi connectivity index (χ3n) is 8.52. The minimum Gasteiger partial charge on any atom is -0.549 e. The molecule has 3 fully saturated rings. The summed E-state index contributed by atoms with van der Waals surface area (Å²) in [5.74, 6) is -3.08. The molecule has 3 rings (SSSR count). The molecule has 2 heterocycles. The van der Waals surface area contributed by atoms with E-state index < -0.39 is 17.4 Å². The summed E-state index contributed by atoms with van der Waals surface area (Å²) < 4.78 is 5.26. The average Bonchev–Trinajstić information content (AvgIpc) is 2.96. The van der Waals surface area contributed by atoms with Crippen LogP contribution in [0, 0.1) is 5.41 Å². The predicted molar refractivity (Wildman–Crippen MR) is 146 cm³/mol. The fourth-order valence-corrected chi connectivity index (χ4v) is 5.56. The quantitative estimate of drug-likeness (QED) is 0.194. The summed E-state index contributed by atoms with van der Waals surface area (Å²) in [7, 11) is 0.